The molecule has 0 spiro atoms. The van der Waals surface area contributed by atoms with E-state index in [-0.39, 0.29) is 0 Å². The monoisotopic (exact) mass is 178 g/mol. The van der Waals surface area contributed by atoms with Crippen LogP contribution in [-0.4, -0.2) is 12.0 Å². The Morgan fingerprint density at radius 1 is 1.54 bits per heavy atom. The summed E-state index contributed by atoms with van der Waals surface area (Å²) in [5.74, 6) is -0.406. The van der Waals surface area contributed by atoms with Gasteiger partial charge in [0, 0.05) is 6.54 Å². The van der Waals surface area contributed by atoms with Crippen molar-refractivity contribution in [3.05, 3.63) is 34.3 Å². The van der Waals surface area contributed by atoms with Crippen molar-refractivity contribution in [3.8, 4) is 0 Å². The van der Waals surface area contributed by atoms with Crippen LogP contribution in [-0.2, 0) is 6.54 Å². The number of oxazole rings is 1. The molecular formula is C9H10N2O2. The molecule has 1 aromatic heterocycles. The first kappa shape index (κ1) is 8.07. The SMILES string of the molecule is CNCc1ccc2oc(=O)[nH]c2c1. The van der Waals surface area contributed by atoms with Crippen molar-refractivity contribution < 1.29 is 4.42 Å². The number of aromatic nitrogens is 1. The van der Waals surface area contributed by atoms with Crippen molar-refractivity contribution in [1.29, 1.82) is 0 Å². The van der Waals surface area contributed by atoms with Gasteiger partial charge in [0.2, 0.25) is 0 Å². The van der Waals surface area contributed by atoms with Gasteiger partial charge in [-0.25, -0.2) is 4.79 Å². The molecular weight excluding hydrogens is 168 g/mol. The number of rotatable bonds is 2. The van der Waals surface area contributed by atoms with Gasteiger partial charge in [-0.3, -0.25) is 4.98 Å². The molecule has 0 saturated carbocycles. The largest absolute Gasteiger partial charge is 0.417 e. The highest BCUT2D eigenvalue weighted by molar-refractivity contribution is 5.72. The lowest BCUT2D eigenvalue weighted by Crippen LogP contribution is -2.04. The smallest absolute Gasteiger partial charge is 0.408 e. The molecule has 13 heavy (non-hydrogen) atoms. The fourth-order valence-corrected chi connectivity index (χ4v) is 1.31. The van der Waals surface area contributed by atoms with Gasteiger partial charge in [-0.2, -0.15) is 0 Å². The number of fused-ring (bicyclic) bond motifs is 1. The van der Waals surface area contributed by atoms with Crippen molar-refractivity contribution in [2.75, 3.05) is 7.05 Å². The van der Waals surface area contributed by atoms with Crippen molar-refractivity contribution >= 4 is 11.1 Å². The normalized spacial score (nSPS) is 10.8. The summed E-state index contributed by atoms with van der Waals surface area (Å²) in [6, 6.07) is 5.62. The molecule has 0 amide bonds. The van der Waals surface area contributed by atoms with E-state index in [9.17, 15) is 4.79 Å². The molecule has 68 valence electrons. The molecule has 0 fully saturated rings. The molecule has 0 radical (unpaired) electrons. The molecule has 0 aliphatic rings. The van der Waals surface area contributed by atoms with E-state index in [1.165, 1.54) is 0 Å². The minimum atomic E-state index is -0.406. The van der Waals surface area contributed by atoms with Crippen molar-refractivity contribution in [2.45, 2.75) is 6.54 Å². The van der Waals surface area contributed by atoms with Gasteiger partial charge in [0.15, 0.2) is 5.58 Å². The van der Waals surface area contributed by atoms with E-state index in [4.69, 9.17) is 4.42 Å². The number of hydrogen-bond donors (Lipinski definition) is 2. The second-order valence-electron chi connectivity index (χ2n) is 2.88. The lowest BCUT2D eigenvalue weighted by Gasteiger charge is -1.97. The Balaban J connectivity index is 2.54. The van der Waals surface area contributed by atoms with Crippen LogP contribution in [0.25, 0.3) is 11.1 Å². The summed E-state index contributed by atoms with van der Waals surface area (Å²) in [6.07, 6.45) is 0. The molecule has 2 N–H and O–H groups in total. The second-order valence-corrected chi connectivity index (χ2v) is 2.88. The van der Waals surface area contributed by atoms with Gasteiger partial charge in [-0.1, -0.05) is 6.07 Å². The van der Waals surface area contributed by atoms with Crippen LogP contribution in [0.3, 0.4) is 0 Å². The maximum atomic E-state index is 10.8. The highest BCUT2D eigenvalue weighted by atomic mass is 16.4. The van der Waals surface area contributed by atoms with Crippen LogP contribution in [0.4, 0.5) is 0 Å². The number of benzene rings is 1. The number of aromatic amines is 1. The molecule has 1 aromatic carbocycles. The highest BCUT2D eigenvalue weighted by Crippen LogP contribution is 2.11. The number of H-pyrrole nitrogens is 1. The number of nitrogens with one attached hydrogen (secondary N) is 2. The van der Waals surface area contributed by atoms with Gasteiger partial charge < -0.3 is 9.73 Å². The summed E-state index contributed by atoms with van der Waals surface area (Å²) >= 11 is 0. The molecule has 0 atom stereocenters. The van der Waals surface area contributed by atoms with Crippen LogP contribution in [0.5, 0.6) is 0 Å². The highest BCUT2D eigenvalue weighted by Gasteiger charge is 2.00. The summed E-state index contributed by atoms with van der Waals surface area (Å²) in [4.78, 5) is 13.4. The summed E-state index contributed by atoms with van der Waals surface area (Å²) in [5.41, 5.74) is 2.47. The third kappa shape index (κ3) is 1.48. The first-order valence-corrected chi connectivity index (χ1v) is 4.06. The van der Waals surface area contributed by atoms with Crippen LogP contribution in [0.2, 0.25) is 0 Å². The predicted molar refractivity (Wildman–Crippen MR) is 49.6 cm³/mol. The van der Waals surface area contributed by atoms with Gasteiger partial charge in [0.05, 0.1) is 5.52 Å². The van der Waals surface area contributed by atoms with Gasteiger partial charge in [-0.05, 0) is 24.7 Å². The summed E-state index contributed by atoms with van der Waals surface area (Å²) in [5, 5.41) is 3.03. The topological polar surface area (TPSA) is 58.0 Å². The fourth-order valence-electron chi connectivity index (χ4n) is 1.31. The Kier molecular flexibility index (Phi) is 1.90. The maximum absolute atomic E-state index is 10.8. The van der Waals surface area contributed by atoms with E-state index in [1.54, 1.807) is 6.07 Å². The van der Waals surface area contributed by atoms with E-state index in [0.717, 1.165) is 17.6 Å². The molecule has 4 nitrogen and oxygen atoms in total. The quantitative estimate of drug-likeness (QED) is 0.716. The first-order valence-electron chi connectivity index (χ1n) is 4.06. The fraction of sp³-hybridized carbons (Fsp3) is 0.222. The Morgan fingerprint density at radius 2 is 2.38 bits per heavy atom. The zero-order valence-corrected chi connectivity index (χ0v) is 7.26. The van der Waals surface area contributed by atoms with Gasteiger partial charge in [0.25, 0.3) is 0 Å². The average Bonchev–Trinajstić information content (AvgIpc) is 2.44. The maximum Gasteiger partial charge on any atom is 0.417 e. The van der Waals surface area contributed by atoms with E-state index in [2.05, 4.69) is 10.3 Å². The minimum Gasteiger partial charge on any atom is -0.408 e. The van der Waals surface area contributed by atoms with Gasteiger partial charge >= 0.3 is 5.76 Å². The Labute approximate surface area is 74.6 Å². The van der Waals surface area contributed by atoms with Crippen molar-refractivity contribution in [1.82, 2.24) is 10.3 Å². The first-order chi connectivity index (χ1) is 6.29. The second kappa shape index (κ2) is 3.06. The molecule has 2 aromatic rings. The third-order valence-electron chi connectivity index (χ3n) is 1.86. The molecule has 0 unspecified atom stereocenters. The third-order valence-corrected chi connectivity index (χ3v) is 1.86. The molecule has 0 aliphatic carbocycles. The van der Waals surface area contributed by atoms with Crippen LogP contribution in [0.1, 0.15) is 5.56 Å². The standard InChI is InChI=1S/C9H10N2O2/c1-10-5-6-2-3-8-7(4-6)11-9(12)13-8/h2-4,10H,5H2,1H3,(H,11,12). The molecule has 4 heteroatoms. The molecule has 0 aliphatic heterocycles. The molecule has 1 heterocycles. The predicted octanol–water partition coefficient (Wildman–Crippen LogP) is 0.840. The van der Waals surface area contributed by atoms with Crippen molar-refractivity contribution in [3.63, 3.8) is 0 Å². The van der Waals surface area contributed by atoms with E-state index < -0.39 is 5.76 Å². The van der Waals surface area contributed by atoms with Crippen LogP contribution < -0.4 is 11.1 Å². The van der Waals surface area contributed by atoms with Crippen LogP contribution >= 0.6 is 0 Å². The van der Waals surface area contributed by atoms with Crippen LogP contribution in [0, 0.1) is 0 Å². The Morgan fingerprint density at radius 3 is 3.15 bits per heavy atom. The minimum absolute atomic E-state index is 0.406. The zero-order chi connectivity index (χ0) is 9.26. The Bertz CT molecular complexity index is 470. The lowest BCUT2D eigenvalue weighted by atomic mass is 10.2. The summed E-state index contributed by atoms with van der Waals surface area (Å²) in [7, 11) is 1.88. The van der Waals surface area contributed by atoms with E-state index >= 15 is 0 Å². The van der Waals surface area contributed by atoms with Crippen molar-refractivity contribution in [2.24, 2.45) is 0 Å². The molecule has 0 saturated heterocycles. The summed E-state index contributed by atoms with van der Waals surface area (Å²) in [6.45, 7) is 0.781. The molecule has 0 bridgehead atoms. The molecule has 2 rings (SSSR count). The lowest BCUT2D eigenvalue weighted by molar-refractivity contribution is 0.555. The van der Waals surface area contributed by atoms with E-state index in [1.807, 2.05) is 19.2 Å². The Hall–Kier alpha value is -1.55. The van der Waals surface area contributed by atoms with Gasteiger partial charge in [0.1, 0.15) is 0 Å². The van der Waals surface area contributed by atoms with Gasteiger partial charge in [-0.15, -0.1) is 0 Å². The van der Waals surface area contributed by atoms with Crippen LogP contribution in [0.15, 0.2) is 27.4 Å². The zero-order valence-electron chi connectivity index (χ0n) is 7.26. The summed E-state index contributed by atoms with van der Waals surface area (Å²) < 4.78 is 4.87. The average molecular weight is 178 g/mol. The number of hydrogen-bond acceptors (Lipinski definition) is 3. The van der Waals surface area contributed by atoms with E-state index in [0.29, 0.717) is 5.58 Å².